The molecule has 1 fully saturated rings. The zero-order chi connectivity index (χ0) is 19.3. The van der Waals surface area contributed by atoms with Crippen LogP contribution in [0.4, 0.5) is 17.6 Å². The molecule has 4 unspecified atom stereocenters. The number of hydrogen-bond donors (Lipinski definition) is 0. The second-order valence-corrected chi connectivity index (χ2v) is 7.94. The number of fused-ring (bicyclic) bond motifs is 3. The van der Waals surface area contributed by atoms with Crippen LogP contribution in [-0.4, -0.2) is 0 Å². The third kappa shape index (κ3) is 3.08. The van der Waals surface area contributed by atoms with Gasteiger partial charge in [0.15, 0.2) is 0 Å². The number of benzene rings is 2. The van der Waals surface area contributed by atoms with E-state index in [1.165, 1.54) is 18.2 Å². The van der Waals surface area contributed by atoms with E-state index < -0.39 is 28.3 Å². The Bertz CT molecular complexity index is 884. The van der Waals surface area contributed by atoms with Gasteiger partial charge in [-0.15, -0.1) is 6.58 Å². The lowest BCUT2D eigenvalue weighted by Gasteiger charge is -2.46. The molecule has 0 amide bonds. The second kappa shape index (κ2) is 6.97. The highest BCUT2D eigenvalue weighted by Crippen LogP contribution is 2.54. The van der Waals surface area contributed by atoms with E-state index in [1.54, 1.807) is 0 Å². The average Bonchev–Trinajstić information content (AvgIpc) is 2.64. The lowest BCUT2D eigenvalue weighted by atomic mass is 9.58. The van der Waals surface area contributed by atoms with Crippen molar-refractivity contribution < 1.29 is 17.6 Å². The van der Waals surface area contributed by atoms with Gasteiger partial charge >= 0.3 is 0 Å². The highest BCUT2D eigenvalue weighted by atomic mass is 35.5. The first-order valence-corrected chi connectivity index (χ1v) is 9.53. The quantitative estimate of drug-likeness (QED) is 0.294. The lowest BCUT2D eigenvalue weighted by Crippen LogP contribution is -2.35. The smallest absolute Gasteiger partial charge is 0.145 e. The first-order chi connectivity index (χ1) is 12.9. The normalized spacial score (nSPS) is 27.0. The third-order valence-electron chi connectivity index (χ3n) is 6.27. The van der Waals surface area contributed by atoms with E-state index in [1.807, 2.05) is 6.08 Å². The molecule has 27 heavy (non-hydrogen) atoms. The van der Waals surface area contributed by atoms with Crippen molar-refractivity contribution in [2.45, 2.75) is 37.5 Å². The maximum Gasteiger partial charge on any atom is 0.145 e. The van der Waals surface area contributed by atoms with E-state index in [0.717, 1.165) is 18.9 Å². The molecule has 142 valence electrons. The van der Waals surface area contributed by atoms with Gasteiger partial charge in [-0.1, -0.05) is 17.7 Å². The number of hydrogen-bond acceptors (Lipinski definition) is 0. The Kier molecular flexibility index (Phi) is 4.79. The first kappa shape index (κ1) is 18.5. The van der Waals surface area contributed by atoms with Gasteiger partial charge in [-0.05, 0) is 84.2 Å². The van der Waals surface area contributed by atoms with E-state index in [-0.39, 0.29) is 23.7 Å². The highest BCUT2D eigenvalue weighted by molar-refractivity contribution is 6.30. The molecule has 1 saturated carbocycles. The molecule has 0 bridgehead atoms. The first-order valence-electron chi connectivity index (χ1n) is 9.15. The molecule has 0 nitrogen and oxygen atoms in total. The van der Waals surface area contributed by atoms with Gasteiger partial charge in [-0.3, -0.25) is 0 Å². The van der Waals surface area contributed by atoms with Gasteiger partial charge in [0.2, 0.25) is 0 Å². The van der Waals surface area contributed by atoms with E-state index >= 15 is 0 Å². The molecule has 0 aromatic heterocycles. The summed E-state index contributed by atoms with van der Waals surface area (Å²) in [5.41, 5.74) is 1.81. The van der Waals surface area contributed by atoms with Crippen LogP contribution in [0.5, 0.6) is 0 Å². The van der Waals surface area contributed by atoms with Gasteiger partial charge < -0.3 is 0 Å². The summed E-state index contributed by atoms with van der Waals surface area (Å²) in [6, 6.07) is 4.92. The molecule has 0 radical (unpaired) electrons. The molecule has 0 N–H and O–H groups in total. The summed E-state index contributed by atoms with van der Waals surface area (Å²) in [6.45, 7) is 3.90. The molecule has 2 aromatic carbocycles. The van der Waals surface area contributed by atoms with Crippen LogP contribution < -0.4 is 0 Å². The van der Waals surface area contributed by atoms with Gasteiger partial charge in [0.05, 0.1) is 0 Å². The van der Waals surface area contributed by atoms with Gasteiger partial charge in [-0.2, -0.15) is 0 Å². The molecule has 0 saturated heterocycles. The SMILES string of the molecule is C=CC1CCC2c3cc(F)cc(F)c3CCC2C1c1cc(F)c(Cl)c(F)c1. The summed E-state index contributed by atoms with van der Waals surface area (Å²) in [4.78, 5) is 0. The zero-order valence-electron chi connectivity index (χ0n) is 14.6. The van der Waals surface area contributed by atoms with Gasteiger partial charge in [0, 0.05) is 6.07 Å². The molecule has 4 atom stereocenters. The van der Waals surface area contributed by atoms with Crippen molar-refractivity contribution in [1.29, 1.82) is 0 Å². The van der Waals surface area contributed by atoms with Crippen LogP contribution in [0.15, 0.2) is 36.9 Å². The predicted molar refractivity (Wildman–Crippen MR) is 97.9 cm³/mol. The second-order valence-electron chi connectivity index (χ2n) is 7.57. The summed E-state index contributed by atoms with van der Waals surface area (Å²) >= 11 is 5.64. The van der Waals surface area contributed by atoms with E-state index in [0.29, 0.717) is 29.5 Å². The van der Waals surface area contributed by atoms with Crippen molar-refractivity contribution in [2.24, 2.45) is 11.8 Å². The van der Waals surface area contributed by atoms with Crippen LogP contribution >= 0.6 is 11.6 Å². The van der Waals surface area contributed by atoms with Crippen LogP contribution in [0.2, 0.25) is 5.02 Å². The Morgan fingerprint density at radius 3 is 2.30 bits per heavy atom. The highest BCUT2D eigenvalue weighted by Gasteiger charge is 2.43. The minimum atomic E-state index is -0.787. The topological polar surface area (TPSA) is 0 Å². The zero-order valence-corrected chi connectivity index (χ0v) is 15.4. The molecular weight excluding hydrogens is 376 g/mol. The average molecular weight is 395 g/mol. The Balaban J connectivity index is 1.81. The van der Waals surface area contributed by atoms with Gasteiger partial charge in [0.1, 0.15) is 28.3 Å². The molecule has 2 aliphatic rings. The molecule has 0 spiro atoms. The molecule has 5 heteroatoms. The van der Waals surface area contributed by atoms with Crippen LogP contribution in [0.3, 0.4) is 0 Å². The molecular formula is C22H19ClF4. The Morgan fingerprint density at radius 2 is 1.63 bits per heavy atom. The maximum absolute atomic E-state index is 14.2. The van der Waals surface area contributed by atoms with E-state index in [9.17, 15) is 17.6 Å². The van der Waals surface area contributed by atoms with Crippen LogP contribution in [-0.2, 0) is 6.42 Å². The Hall–Kier alpha value is -1.81. The van der Waals surface area contributed by atoms with Gasteiger partial charge in [-0.25, -0.2) is 17.6 Å². The molecule has 0 heterocycles. The van der Waals surface area contributed by atoms with Crippen LogP contribution in [0, 0.1) is 35.1 Å². The van der Waals surface area contributed by atoms with Crippen molar-refractivity contribution in [2.75, 3.05) is 0 Å². The summed E-state index contributed by atoms with van der Waals surface area (Å²) in [5, 5.41) is -0.514. The lowest BCUT2D eigenvalue weighted by molar-refractivity contribution is 0.193. The van der Waals surface area contributed by atoms with E-state index in [2.05, 4.69) is 6.58 Å². The molecule has 4 rings (SSSR count). The van der Waals surface area contributed by atoms with Gasteiger partial charge in [0.25, 0.3) is 0 Å². The summed E-state index contributed by atoms with van der Waals surface area (Å²) in [6.07, 6.45) is 4.51. The van der Waals surface area contributed by atoms with Crippen molar-refractivity contribution >= 4 is 11.6 Å². The molecule has 2 aliphatic carbocycles. The number of allylic oxidation sites excluding steroid dienone is 1. The molecule has 2 aromatic rings. The molecule has 0 aliphatic heterocycles. The van der Waals surface area contributed by atoms with Crippen molar-refractivity contribution in [3.05, 3.63) is 81.9 Å². The van der Waals surface area contributed by atoms with Crippen molar-refractivity contribution in [3.63, 3.8) is 0 Å². The summed E-state index contributed by atoms with van der Waals surface area (Å²) in [5.74, 6) is -2.78. The van der Waals surface area contributed by atoms with Crippen molar-refractivity contribution in [1.82, 2.24) is 0 Å². The fraction of sp³-hybridized carbons (Fsp3) is 0.364. The number of halogens is 5. The number of rotatable bonds is 2. The Labute approximate surface area is 160 Å². The monoisotopic (exact) mass is 394 g/mol. The van der Waals surface area contributed by atoms with Crippen LogP contribution in [0.1, 0.15) is 47.8 Å². The minimum absolute atomic E-state index is 0.0374. The minimum Gasteiger partial charge on any atom is -0.207 e. The summed E-state index contributed by atoms with van der Waals surface area (Å²) in [7, 11) is 0. The Morgan fingerprint density at radius 1 is 0.926 bits per heavy atom. The summed E-state index contributed by atoms with van der Waals surface area (Å²) < 4.78 is 56.3. The van der Waals surface area contributed by atoms with Crippen LogP contribution in [0.25, 0.3) is 0 Å². The largest absolute Gasteiger partial charge is 0.207 e. The third-order valence-corrected chi connectivity index (χ3v) is 6.63. The fourth-order valence-electron chi connectivity index (χ4n) is 5.16. The van der Waals surface area contributed by atoms with Crippen molar-refractivity contribution in [3.8, 4) is 0 Å². The predicted octanol–water partition coefficient (Wildman–Crippen LogP) is 6.92. The maximum atomic E-state index is 14.2. The standard InChI is InChI=1S/C22H19ClF4/c1-2-11-3-4-14-16(6-5-15-17(14)9-13(24)10-18(15)25)21(11)12-7-19(26)22(23)20(27)8-12/h2,7-11,14,16,21H,1,3-6H2. The fourth-order valence-corrected chi connectivity index (χ4v) is 5.26. The van der Waals surface area contributed by atoms with E-state index in [4.69, 9.17) is 11.6 Å².